The molecule has 4 nitrogen and oxygen atoms in total. The quantitative estimate of drug-likeness (QED) is 0.874. The van der Waals surface area contributed by atoms with Gasteiger partial charge in [-0.3, -0.25) is 4.79 Å². The number of hydrogen-bond acceptors (Lipinski definition) is 3. The fourth-order valence-corrected chi connectivity index (χ4v) is 2.57. The van der Waals surface area contributed by atoms with Crippen molar-refractivity contribution >= 4 is 5.91 Å². The van der Waals surface area contributed by atoms with Crippen LogP contribution in [0.2, 0.25) is 0 Å². The standard InChI is InChI=1S/C18H18FNO3/c1-12-17(23-16-10-6-5-9-15(16)22-12)18(21)20(2)11-13-7-3-4-8-14(13)19/h3-10,12,17H,11H2,1-2H3/t12-,17+/m0/s1. The average Bonchev–Trinajstić information content (AvgIpc) is 2.55. The van der Waals surface area contributed by atoms with Crippen LogP contribution in [0.5, 0.6) is 11.5 Å². The van der Waals surface area contributed by atoms with Crippen LogP contribution in [0.1, 0.15) is 12.5 Å². The second-order valence-corrected chi connectivity index (χ2v) is 5.59. The lowest BCUT2D eigenvalue weighted by Crippen LogP contribution is -2.49. The molecule has 1 aliphatic rings. The van der Waals surface area contributed by atoms with Crippen LogP contribution >= 0.6 is 0 Å². The van der Waals surface area contributed by atoms with Crippen molar-refractivity contribution in [2.45, 2.75) is 25.7 Å². The number of likely N-dealkylation sites (N-methyl/N-ethyl adjacent to an activating group) is 1. The van der Waals surface area contributed by atoms with E-state index in [0.717, 1.165) is 0 Å². The number of fused-ring (bicyclic) bond motifs is 1. The summed E-state index contributed by atoms with van der Waals surface area (Å²) in [6, 6.07) is 13.6. The van der Waals surface area contributed by atoms with Crippen LogP contribution in [-0.4, -0.2) is 30.1 Å². The van der Waals surface area contributed by atoms with E-state index >= 15 is 0 Å². The summed E-state index contributed by atoms with van der Waals surface area (Å²) in [5, 5.41) is 0. The predicted octanol–water partition coefficient (Wildman–Crippen LogP) is 3.01. The third kappa shape index (κ3) is 3.13. The predicted molar refractivity (Wildman–Crippen MR) is 83.8 cm³/mol. The minimum absolute atomic E-state index is 0.180. The van der Waals surface area contributed by atoms with Crippen molar-refractivity contribution in [3.05, 3.63) is 59.9 Å². The Kier molecular flexibility index (Phi) is 4.19. The normalized spacial score (nSPS) is 19.3. The number of ether oxygens (including phenoxy) is 2. The van der Waals surface area contributed by atoms with Crippen LogP contribution in [0, 0.1) is 5.82 Å². The van der Waals surface area contributed by atoms with Gasteiger partial charge in [0.05, 0.1) is 0 Å². The summed E-state index contributed by atoms with van der Waals surface area (Å²) in [6.45, 7) is 1.97. The highest BCUT2D eigenvalue weighted by Crippen LogP contribution is 2.33. The van der Waals surface area contributed by atoms with Gasteiger partial charge < -0.3 is 14.4 Å². The van der Waals surface area contributed by atoms with E-state index in [2.05, 4.69) is 0 Å². The van der Waals surface area contributed by atoms with E-state index in [0.29, 0.717) is 17.1 Å². The number of para-hydroxylation sites is 2. The molecule has 0 fully saturated rings. The van der Waals surface area contributed by atoms with Crippen LogP contribution in [0.3, 0.4) is 0 Å². The molecule has 120 valence electrons. The van der Waals surface area contributed by atoms with E-state index in [1.165, 1.54) is 11.0 Å². The van der Waals surface area contributed by atoms with Gasteiger partial charge in [0.25, 0.3) is 5.91 Å². The second kappa shape index (κ2) is 6.28. The van der Waals surface area contributed by atoms with Crippen molar-refractivity contribution < 1.29 is 18.7 Å². The minimum Gasteiger partial charge on any atom is -0.482 e. The van der Waals surface area contributed by atoms with Crippen LogP contribution in [-0.2, 0) is 11.3 Å². The van der Waals surface area contributed by atoms with E-state index in [4.69, 9.17) is 9.47 Å². The molecule has 1 amide bonds. The number of amides is 1. The maximum atomic E-state index is 13.7. The molecule has 3 rings (SSSR count). The molecule has 0 unspecified atom stereocenters. The highest BCUT2D eigenvalue weighted by molar-refractivity contribution is 5.82. The molecular weight excluding hydrogens is 297 g/mol. The topological polar surface area (TPSA) is 38.8 Å². The Balaban J connectivity index is 1.74. The Morgan fingerprint density at radius 2 is 1.70 bits per heavy atom. The van der Waals surface area contributed by atoms with Crippen LogP contribution in [0.15, 0.2) is 48.5 Å². The van der Waals surface area contributed by atoms with Gasteiger partial charge in [-0.1, -0.05) is 30.3 Å². The third-order valence-corrected chi connectivity index (χ3v) is 3.83. The molecule has 2 aromatic rings. The first-order valence-corrected chi connectivity index (χ1v) is 7.47. The van der Waals surface area contributed by atoms with E-state index in [1.54, 1.807) is 44.3 Å². The molecule has 0 aromatic heterocycles. The number of benzene rings is 2. The Morgan fingerprint density at radius 3 is 2.39 bits per heavy atom. The average molecular weight is 315 g/mol. The van der Waals surface area contributed by atoms with E-state index in [-0.39, 0.29) is 18.3 Å². The van der Waals surface area contributed by atoms with Crippen molar-refractivity contribution in [3.8, 4) is 11.5 Å². The second-order valence-electron chi connectivity index (χ2n) is 5.59. The molecule has 0 saturated heterocycles. The smallest absolute Gasteiger partial charge is 0.267 e. The van der Waals surface area contributed by atoms with Gasteiger partial charge in [0.1, 0.15) is 11.9 Å². The van der Waals surface area contributed by atoms with Gasteiger partial charge in [-0.25, -0.2) is 4.39 Å². The van der Waals surface area contributed by atoms with Gasteiger partial charge in [-0.05, 0) is 25.1 Å². The lowest BCUT2D eigenvalue weighted by molar-refractivity contribution is -0.143. The molecule has 0 bridgehead atoms. The maximum absolute atomic E-state index is 13.7. The molecule has 0 N–H and O–H groups in total. The third-order valence-electron chi connectivity index (χ3n) is 3.83. The van der Waals surface area contributed by atoms with Gasteiger partial charge in [0.15, 0.2) is 11.5 Å². The summed E-state index contributed by atoms with van der Waals surface area (Å²) in [6.07, 6.45) is -1.16. The first-order valence-electron chi connectivity index (χ1n) is 7.47. The molecule has 1 aliphatic heterocycles. The number of nitrogens with zero attached hydrogens (tertiary/aromatic N) is 1. The molecule has 0 aliphatic carbocycles. The Hall–Kier alpha value is -2.56. The summed E-state index contributed by atoms with van der Waals surface area (Å²) < 4.78 is 25.3. The highest BCUT2D eigenvalue weighted by Gasteiger charge is 2.35. The van der Waals surface area contributed by atoms with Gasteiger partial charge in [0, 0.05) is 19.2 Å². The number of rotatable bonds is 3. The number of carbonyl (C=O) groups excluding carboxylic acids is 1. The zero-order chi connectivity index (χ0) is 16.4. The van der Waals surface area contributed by atoms with E-state index in [9.17, 15) is 9.18 Å². The lowest BCUT2D eigenvalue weighted by Gasteiger charge is -2.33. The number of halogens is 1. The van der Waals surface area contributed by atoms with Crippen LogP contribution < -0.4 is 9.47 Å². The molecule has 1 heterocycles. The lowest BCUT2D eigenvalue weighted by atomic mass is 10.1. The summed E-state index contributed by atoms with van der Waals surface area (Å²) in [5.74, 6) is 0.602. The zero-order valence-corrected chi connectivity index (χ0v) is 13.0. The Morgan fingerprint density at radius 1 is 1.09 bits per heavy atom. The summed E-state index contributed by atoms with van der Waals surface area (Å²) in [7, 11) is 1.63. The molecular formula is C18H18FNO3. The van der Waals surface area contributed by atoms with Gasteiger partial charge in [-0.15, -0.1) is 0 Å². The molecule has 5 heteroatoms. The van der Waals surface area contributed by atoms with Gasteiger partial charge in [0.2, 0.25) is 6.10 Å². The summed E-state index contributed by atoms with van der Waals surface area (Å²) in [4.78, 5) is 14.1. The Bertz CT molecular complexity index is 719. The molecule has 0 spiro atoms. The molecule has 2 atom stereocenters. The first-order chi connectivity index (χ1) is 11.1. The minimum atomic E-state index is -0.748. The summed E-state index contributed by atoms with van der Waals surface area (Å²) >= 11 is 0. The van der Waals surface area contributed by atoms with Crippen LogP contribution in [0.4, 0.5) is 4.39 Å². The maximum Gasteiger partial charge on any atom is 0.267 e. The first kappa shape index (κ1) is 15.3. The van der Waals surface area contributed by atoms with Crippen molar-refractivity contribution in [1.29, 1.82) is 0 Å². The fourth-order valence-electron chi connectivity index (χ4n) is 2.57. The highest BCUT2D eigenvalue weighted by atomic mass is 19.1. The largest absolute Gasteiger partial charge is 0.482 e. The molecule has 23 heavy (non-hydrogen) atoms. The van der Waals surface area contributed by atoms with E-state index < -0.39 is 12.2 Å². The molecule has 0 radical (unpaired) electrons. The zero-order valence-electron chi connectivity index (χ0n) is 13.0. The van der Waals surface area contributed by atoms with Crippen LogP contribution in [0.25, 0.3) is 0 Å². The molecule has 0 saturated carbocycles. The Labute approximate surface area is 134 Å². The number of hydrogen-bond donors (Lipinski definition) is 0. The monoisotopic (exact) mass is 315 g/mol. The van der Waals surface area contributed by atoms with Gasteiger partial charge >= 0.3 is 0 Å². The fraction of sp³-hybridized carbons (Fsp3) is 0.278. The molecule has 2 aromatic carbocycles. The van der Waals surface area contributed by atoms with E-state index in [1.807, 2.05) is 12.1 Å². The SMILES string of the molecule is C[C@@H]1Oc2ccccc2O[C@H]1C(=O)N(C)Cc1ccccc1F. The van der Waals surface area contributed by atoms with Crippen molar-refractivity contribution in [2.75, 3.05) is 7.05 Å². The van der Waals surface area contributed by atoms with Crippen molar-refractivity contribution in [2.24, 2.45) is 0 Å². The number of carbonyl (C=O) groups is 1. The summed E-state index contributed by atoms with van der Waals surface area (Å²) in [5.41, 5.74) is 0.466. The van der Waals surface area contributed by atoms with Gasteiger partial charge in [-0.2, -0.15) is 0 Å². The van der Waals surface area contributed by atoms with Crippen molar-refractivity contribution in [1.82, 2.24) is 4.90 Å². The van der Waals surface area contributed by atoms with Crippen molar-refractivity contribution in [3.63, 3.8) is 0 Å².